The van der Waals surface area contributed by atoms with Gasteiger partial charge in [0.2, 0.25) is 5.88 Å². The van der Waals surface area contributed by atoms with E-state index in [9.17, 15) is 4.79 Å². The van der Waals surface area contributed by atoms with Crippen LogP contribution in [0.1, 0.15) is 50.8 Å². The van der Waals surface area contributed by atoms with Gasteiger partial charge in [0.25, 0.3) is 8.32 Å². The van der Waals surface area contributed by atoms with Gasteiger partial charge in [0, 0.05) is 48.8 Å². The maximum Gasteiger partial charge on any atom is 0.261 e. The zero-order valence-electron chi connectivity index (χ0n) is 32.4. The van der Waals surface area contributed by atoms with Gasteiger partial charge in [-0.1, -0.05) is 87.5 Å². The molecule has 13 heteroatoms. The van der Waals surface area contributed by atoms with Gasteiger partial charge in [0.1, 0.15) is 17.5 Å². The van der Waals surface area contributed by atoms with E-state index < -0.39 is 8.32 Å². The van der Waals surface area contributed by atoms with E-state index >= 15 is 0 Å². The Hall–Kier alpha value is -5.47. The molecule has 0 saturated carbocycles. The van der Waals surface area contributed by atoms with Crippen LogP contribution in [0.3, 0.4) is 0 Å². The average molecular weight is 757 g/mol. The quantitative estimate of drug-likeness (QED) is 0.100. The fourth-order valence-corrected chi connectivity index (χ4v) is 12.3. The number of ether oxygens (including phenoxy) is 2. The molecule has 12 nitrogen and oxygen atoms in total. The van der Waals surface area contributed by atoms with E-state index in [-0.39, 0.29) is 23.9 Å². The topological polar surface area (TPSA) is 148 Å². The fraction of sp³-hybridized carbons (Fsp3) is 0.310. The number of aldehydes is 1. The Labute approximate surface area is 321 Å². The first-order valence-electron chi connectivity index (χ1n) is 18.5. The molecule has 3 aromatic carbocycles. The molecule has 0 amide bonds. The molecule has 0 aliphatic heterocycles. The number of hydrogen-bond acceptors (Lipinski definition) is 9. The molecule has 4 aromatic heterocycles. The molecule has 4 heterocycles. The maximum atomic E-state index is 12.8. The number of benzene rings is 3. The molecule has 0 aliphatic rings. The van der Waals surface area contributed by atoms with E-state index in [1.807, 2.05) is 50.4 Å². The van der Waals surface area contributed by atoms with Gasteiger partial charge >= 0.3 is 0 Å². The van der Waals surface area contributed by atoms with Crippen molar-refractivity contribution in [2.24, 2.45) is 12.8 Å². The Morgan fingerprint density at radius 2 is 1.58 bits per heavy atom. The number of nitrogens with one attached hydrogen (secondary N) is 1. The number of rotatable bonds is 14. The molecule has 0 radical (unpaired) electrons. The Morgan fingerprint density at radius 3 is 2.20 bits per heavy atom. The molecule has 7 rings (SSSR count). The smallest absolute Gasteiger partial charge is 0.261 e. The number of carbonyl (C=O) groups is 1. The van der Waals surface area contributed by atoms with Crippen LogP contribution in [0.15, 0.2) is 91.1 Å². The SMILES string of the molecule is COCc1nn(C)c(O[C@@H](C)CN)c1-c1cnc2[nH]nc(-c3ccc4nn(C[C@H](C)O[Si](c5ccccc5)(c5ccccc5)C(C)(C)C)c(C=O)c4c3)c2c1. The predicted molar refractivity (Wildman–Crippen MR) is 218 cm³/mol. The Bertz CT molecular complexity index is 2400. The van der Waals surface area contributed by atoms with Crippen molar-refractivity contribution in [1.82, 2.24) is 34.7 Å². The van der Waals surface area contributed by atoms with Crippen molar-refractivity contribution in [1.29, 1.82) is 0 Å². The van der Waals surface area contributed by atoms with E-state index in [1.54, 1.807) is 22.7 Å². The van der Waals surface area contributed by atoms with Crippen molar-refractivity contribution in [3.63, 3.8) is 0 Å². The number of methoxy groups -OCH3 is 1. The largest absolute Gasteiger partial charge is 0.473 e. The monoisotopic (exact) mass is 756 g/mol. The molecule has 0 unspecified atom stereocenters. The number of aryl methyl sites for hydroxylation is 1. The van der Waals surface area contributed by atoms with Crippen LogP contribution in [-0.4, -0.2) is 75.2 Å². The van der Waals surface area contributed by atoms with Crippen LogP contribution in [0.4, 0.5) is 0 Å². The molecule has 55 heavy (non-hydrogen) atoms. The zero-order valence-corrected chi connectivity index (χ0v) is 33.4. The molecule has 0 saturated heterocycles. The molecule has 0 aliphatic carbocycles. The molecular weight excluding hydrogens is 709 g/mol. The van der Waals surface area contributed by atoms with E-state index in [0.29, 0.717) is 47.2 Å². The minimum atomic E-state index is -2.83. The summed E-state index contributed by atoms with van der Waals surface area (Å²) in [6.07, 6.45) is 2.15. The lowest BCUT2D eigenvalue weighted by Gasteiger charge is -2.44. The van der Waals surface area contributed by atoms with Crippen molar-refractivity contribution in [3.05, 3.63) is 103 Å². The summed E-state index contributed by atoms with van der Waals surface area (Å²) in [6.45, 7) is 11.8. The minimum absolute atomic E-state index is 0.192. The van der Waals surface area contributed by atoms with E-state index in [1.165, 1.54) is 10.4 Å². The summed E-state index contributed by atoms with van der Waals surface area (Å²) in [5.74, 6) is 0.578. The highest BCUT2D eigenvalue weighted by Gasteiger charge is 2.51. The molecule has 0 fully saturated rings. The third kappa shape index (κ3) is 7.00. The third-order valence-corrected chi connectivity index (χ3v) is 15.2. The third-order valence-electron chi connectivity index (χ3n) is 10.1. The Kier molecular flexibility index (Phi) is 10.6. The van der Waals surface area contributed by atoms with E-state index in [4.69, 9.17) is 29.7 Å². The summed E-state index contributed by atoms with van der Waals surface area (Å²) in [7, 11) is 0.637. The average Bonchev–Trinajstić information content (AvgIpc) is 3.85. The van der Waals surface area contributed by atoms with Gasteiger partial charge in [-0.3, -0.25) is 14.6 Å². The molecule has 284 valence electrons. The Balaban J connectivity index is 1.25. The van der Waals surface area contributed by atoms with Gasteiger partial charge in [-0.05, 0) is 47.5 Å². The van der Waals surface area contributed by atoms with Crippen molar-refractivity contribution in [2.75, 3.05) is 13.7 Å². The second-order valence-corrected chi connectivity index (χ2v) is 19.3. The zero-order chi connectivity index (χ0) is 38.9. The molecule has 0 spiro atoms. The minimum Gasteiger partial charge on any atom is -0.473 e. The normalized spacial score (nSPS) is 13.4. The number of aromatic amines is 1. The van der Waals surface area contributed by atoms with Crippen LogP contribution in [0.5, 0.6) is 5.88 Å². The number of H-pyrrole nitrogens is 1. The maximum absolute atomic E-state index is 12.8. The highest BCUT2D eigenvalue weighted by atomic mass is 28.4. The van der Waals surface area contributed by atoms with Crippen molar-refractivity contribution < 1.29 is 18.7 Å². The number of nitrogens with zero attached hydrogens (tertiary/aromatic N) is 6. The van der Waals surface area contributed by atoms with Crippen LogP contribution in [0.25, 0.3) is 44.3 Å². The number of pyridine rings is 1. The van der Waals surface area contributed by atoms with Crippen molar-refractivity contribution >= 4 is 46.9 Å². The highest BCUT2D eigenvalue weighted by Crippen LogP contribution is 2.39. The van der Waals surface area contributed by atoms with E-state index in [0.717, 1.165) is 33.7 Å². The first kappa shape index (κ1) is 37.8. The van der Waals surface area contributed by atoms with Crippen molar-refractivity contribution in [2.45, 2.75) is 65.0 Å². The van der Waals surface area contributed by atoms with Gasteiger partial charge in [-0.25, -0.2) is 9.67 Å². The summed E-state index contributed by atoms with van der Waals surface area (Å²) < 4.78 is 22.5. The van der Waals surface area contributed by atoms with Crippen molar-refractivity contribution in [3.8, 4) is 28.3 Å². The number of nitrogens with two attached hydrogens (primary N) is 1. The Morgan fingerprint density at radius 1 is 0.909 bits per heavy atom. The van der Waals surface area contributed by atoms with Crippen LogP contribution < -0.4 is 20.8 Å². The molecule has 2 atom stereocenters. The molecule has 0 bridgehead atoms. The van der Waals surface area contributed by atoms with Gasteiger partial charge in [0.05, 0.1) is 36.0 Å². The van der Waals surface area contributed by atoms with Gasteiger partial charge in [-0.2, -0.15) is 15.3 Å². The number of hydrogen-bond donors (Lipinski definition) is 2. The first-order valence-corrected chi connectivity index (χ1v) is 20.4. The molecular formula is C42H48N8O4Si. The summed E-state index contributed by atoms with van der Waals surface area (Å²) in [4.78, 5) is 17.6. The van der Waals surface area contributed by atoms with Crippen LogP contribution in [0.2, 0.25) is 5.04 Å². The van der Waals surface area contributed by atoms with Gasteiger partial charge in [-0.15, -0.1) is 0 Å². The number of carbonyl (C=O) groups excluding carboxylic acids is 1. The number of aromatic nitrogens is 7. The van der Waals surface area contributed by atoms with Crippen LogP contribution >= 0.6 is 0 Å². The summed E-state index contributed by atoms with van der Waals surface area (Å²) in [5.41, 5.74) is 11.5. The second kappa shape index (κ2) is 15.3. The first-order chi connectivity index (χ1) is 26.5. The standard InChI is InChI=1S/C42H48N8O4Si/c1-27(22-43)53-41-38(36(26-52-7)47-49(41)6)30-21-34-39(45-46-40(34)44-23-30)29-18-19-35-33(20-29)37(25-51)50(48-35)24-28(2)54-55(42(3,4)5,31-14-10-8-11-15-31)32-16-12-9-13-17-32/h8-21,23,25,27-28H,22,24,26,43H2,1-7H3,(H,44,45,46)/t27-,28-/m0/s1. The molecule has 7 aromatic rings. The fourth-order valence-electron chi connectivity index (χ4n) is 7.56. The lowest BCUT2D eigenvalue weighted by atomic mass is 10.0. The van der Waals surface area contributed by atoms with Crippen LogP contribution in [-0.2, 0) is 29.4 Å². The van der Waals surface area contributed by atoms with Gasteiger partial charge < -0.3 is 19.6 Å². The summed E-state index contributed by atoms with van der Waals surface area (Å²) >= 11 is 0. The molecule has 3 N–H and O–H groups in total. The van der Waals surface area contributed by atoms with E-state index in [2.05, 4.69) is 91.5 Å². The van der Waals surface area contributed by atoms with Crippen LogP contribution in [0, 0.1) is 0 Å². The number of fused-ring (bicyclic) bond motifs is 2. The lowest BCUT2D eigenvalue weighted by molar-refractivity contribution is 0.111. The van der Waals surface area contributed by atoms with Gasteiger partial charge in [0.15, 0.2) is 11.9 Å². The summed E-state index contributed by atoms with van der Waals surface area (Å²) in [5, 5.41) is 21.1. The second-order valence-electron chi connectivity index (χ2n) is 15.0. The lowest BCUT2D eigenvalue weighted by Crippen LogP contribution is -2.67. The summed E-state index contributed by atoms with van der Waals surface area (Å²) in [6, 6.07) is 29.0. The predicted octanol–water partition coefficient (Wildman–Crippen LogP) is 6.03. The highest BCUT2D eigenvalue weighted by molar-refractivity contribution is 6.99.